The van der Waals surface area contributed by atoms with E-state index in [4.69, 9.17) is 11.6 Å². The number of hydrogen-bond donors (Lipinski definition) is 0. The Morgan fingerprint density at radius 1 is 1.21 bits per heavy atom. The van der Waals surface area contributed by atoms with Crippen molar-refractivity contribution in [1.29, 1.82) is 0 Å². The fourth-order valence-electron chi connectivity index (χ4n) is 1.85. The van der Waals surface area contributed by atoms with Gasteiger partial charge in [0.15, 0.2) is 5.82 Å². The molecule has 102 valence electrons. The number of halogens is 1. The molecule has 2 aromatic rings. The fraction of sp³-hybridized carbons (Fsp3) is 0.467. The SMILES string of the molecule is CCc1nc(-c2ccc(C(C)(C)C)s2)nc(Cl)c1C. The van der Waals surface area contributed by atoms with Gasteiger partial charge in [-0.15, -0.1) is 11.3 Å². The topological polar surface area (TPSA) is 25.8 Å². The van der Waals surface area contributed by atoms with Gasteiger partial charge < -0.3 is 0 Å². The summed E-state index contributed by atoms with van der Waals surface area (Å²) in [5.74, 6) is 0.743. The molecule has 2 aromatic heterocycles. The van der Waals surface area contributed by atoms with Gasteiger partial charge in [-0.25, -0.2) is 9.97 Å². The molecule has 0 saturated carbocycles. The van der Waals surface area contributed by atoms with Crippen molar-refractivity contribution in [1.82, 2.24) is 9.97 Å². The first kappa shape index (κ1) is 14.5. The van der Waals surface area contributed by atoms with E-state index in [9.17, 15) is 0 Å². The molecule has 0 aromatic carbocycles. The summed E-state index contributed by atoms with van der Waals surface area (Å²) < 4.78 is 0. The Kier molecular flexibility index (Phi) is 3.98. The molecule has 0 N–H and O–H groups in total. The summed E-state index contributed by atoms with van der Waals surface area (Å²) in [6.07, 6.45) is 0.874. The van der Waals surface area contributed by atoms with Crippen LogP contribution in [0.5, 0.6) is 0 Å². The Balaban J connectivity index is 2.48. The fourth-order valence-corrected chi connectivity index (χ4v) is 3.04. The summed E-state index contributed by atoms with van der Waals surface area (Å²) in [5.41, 5.74) is 2.17. The number of thiophene rings is 1. The monoisotopic (exact) mass is 294 g/mol. The molecular weight excluding hydrogens is 276 g/mol. The minimum absolute atomic E-state index is 0.158. The first-order valence-electron chi connectivity index (χ1n) is 6.46. The first-order chi connectivity index (χ1) is 8.82. The summed E-state index contributed by atoms with van der Waals surface area (Å²) >= 11 is 7.94. The Labute approximate surface area is 123 Å². The van der Waals surface area contributed by atoms with E-state index in [-0.39, 0.29) is 5.41 Å². The highest BCUT2D eigenvalue weighted by atomic mass is 35.5. The zero-order valence-corrected chi connectivity index (χ0v) is 13.6. The quantitative estimate of drug-likeness (QED) is 0.726. The molecule has 0 bridgehead atoms. The van der Waals surface area contributed by atoms with Gasteiger partial charge in [0.2, 0.25) is 0 Å². The van der Waals surface area contributed by atoms with Gasteiger partial charge in [0, 0.05) is 16.1 Å². The van der Waals surface area contributed by atoms with Gasteiger partial charge in [-0.2, -0.15) is 0 Å². The van der Waals surface area contributed by atoms with Crippen molar-refractivity contribution in [3.63, 3.8) is 0 Å². The van der Waals surface area contributed by atoms with Crippen molar-refractivity contribution < 1.29 is 0 Å². The van der Waals surface area contributed by atoms with E-state index < -0.39 is 0 Å². The second-order valence-electron chi connectivity index (χ2n) is 5.68. The number of hydrogen-bond acceptors (Lipinski definition) is 3. The van der Waals surface area contributed by atoms with Gasteiger partial charge in [-0.1, -0.05) is 39.3 Å². The second-order valence-corrected chi connectivity index (χ2v) is 7.12. The predicted octanol–water partition coefficient (Wildman–Crippen LogP) is 5.03. The number of aromatic nitrogens is 2. The highest BCUT2D eigenvalue weighted by Crippen LogP contribution is 2.34. The number of rotatable bonds is 2. The zero-order valence-electron chi connectivity index (χ0n) is 12.0. The van der Waals surface area contributed by atoms with E-state index in [1.54, 1.807) is 11.3 Å². The molecule has 0 radical (unpaired) electrons. The molecule has 2 heterocycles. The maximum atomic E-state index is 6.20. The van der Waals surface area contributed by atoms with Gasteiger partial charge in [-0.05, 0) is 30.9 Å². The van der Waals surface area contributed by atoms with E-state index >= 15 is 0 Å². The average molecular weight is 295 g/mol. The lowest BCUT2D eigenvalue weighted by Crippen LogP contribution is -2.07. The minimum atomic E-state index is 0.158. The molecule has 2 rings (SSSR count). The second kappa shape index (κ2) is 5.22. The van der Waals surface area contributed by atoms with Crippen LogP contribution in [0.25, 0.3) is 10.7 Å². The lowest BCUT2D eigenvalue weighted by Gasteiger charge is -2.15. The highest BCUT2D eigenvalue weighted by molar-refractivity contribution is 7.15. The van der Waals surface area contributed by atoms with Crippen molar-refractivity contribution in [2.75, 3.05) is 0 Å². The first-order valence-corrected chi connectivity index (χ1v) is 7.66. The third-order valence-electron chi connectivity index (χ3n) is 3.09. The van der Waals surface area contributed by atoms with Crippen LogP contribution in [0.15, 0.2) is 12.1 Å². The molecule has 0 saturated heterocycles. The summed E-state index contributed by atoms with van der Waals surface area (Å²) in [6.45, 7) is 10.7. The van der Waals surface area contributed by atoms with Crippen molar-refractivity contribution in [2.45, 2.75) is 46.5 Å². The van der Waals surface area contributed by atoms with Crippen LogP contribution < -0.4 is 0 Å². The maximum absolute atomic E-state index is 6.20. The van der Waals surface area contributed by atoms with Crippen LogP contribution in [0.2, 0.25) is 5.15 Å². The highest BCUT2D eigenvalue weighted by Gasteiger charge is 2.18. The molecule has 0 amide bonds. The summed E-state index contributed by atoms with van der Waals surface area (Å²) in [4.78, 5) is 11.5. The molecular formula is C15H19ClN2S. The third-order valence-corrected chi connectivity index (χ3v) is 4.96. The van der Waals surface area contributed by atoms with Gasteiger partial charge in [0.25, 0.3) is 0 Å². The van der Waals surface area contributed by atoms with Gasteiger partial charge in [0.05, 0.1) is 4.88 Å². The molecule has 0 aliphatic heterocycles. The van der Waals surface area contributed by atoms with E-state index in [0.29, 0.717) is 5.15 Å². The molecule has 19 heavy (non-hydrogen) atoms. The van der Waals surface area contributed by atoms with Crippen LogP contribution in [0, 0.1) is 6.92 Å². The van der Waals surface area contributed by atoms with E-state index in [1.165, 1.54) is 4.88 Å². The van der Waals surface area contributed by atoms with Gasteiger partial charge >= 0.3 is 0 Å². The van der Waals surface area contributed by atoms with E-state index in [1.807, 2.05) is 6.92 Å². The minimum Gasteiger partial charge on any atom is -0.232 e. The van der Waals surface area contributed by atoms with Crippen molar-refractivity contribution >= 4 is 22.9 Å². The zero-order chi connectivity index (χ0) is 14.2. The van der Waals surface area contributed by atoms with Crippen LogP contribution >= 0.6 is 22.9 Å². The predicted molar refractivity (Wildman–Crippen MR) is 83.2 cm³/mol. The Morgan fingerprint density at radius 3 is 2.42 bits per heavy atom. The maximum Gasteiger partial charge on any atom is 0.171 e. The van der Waals surface area contributed by atoms with Crippen molar-refractivity contribution in [2.24, 2.45) is 0 Å². The molecule has 0 aliphatic carbocycles. The number of nitrogens with zero attached hydrogens (tertiary/aromatic N) is 2. The molecule has 0 aliphatic rings. The molecule has 0 unspecified atom stereocenters. The molecule has 0 spiro atoms. The molecule has 0 fully saturated rings. The van der Waals surface area contributed by atoms with Crippen LogP contribution in [-0.2, 0) is 11.8 Å². The summed E-state index contributed by atoms with van der Waals surface area (Å²) in [5, 5.41) is 0.563. The molecule has 2 nitrogen and oxygen atoms in total. The standard InChI is InChI=1S/C15H19ClN2S/c1-6-10-9(2)13(16)18-14(17-10)11-7-8-12(19-11)15(3,4)5/h7-8H,6H2,1-5H3. The van der Waals surface area contributed by atoms with Crippen molar-refractivity contribution in [3.05, 3.63) is 33.4 Å². The normalized spacial score (nSPS) is 11.9. The van der Waals surface area contributed by atoms with Crippen LogP contribution in [-0.4, -0.2) is 9.97 Å². The lowest BCUT2D eigenvalue weighted by atomic mass is 9.95. The average Bonchev–Trinajstić information content (AvgIpc) is 2.81. The van der Waals surface area contributed by atoms with Gasteiger partial charge in [0.1, 0.15) is 5.15 Å². The lowest BCUT2D eigenvalue weighted by molar-refractivity contribution is 0.604. The van der Waals surface area contributed by atoms with Crippen LogP contribution in [0.1, 0.15) is 43.8 Å². The van der Waals surface area contributed by atoms with Crippen molar-refractivity contribution in [3.8, 4) is 10.7 Å². The van der Waals surface area contributed by atoms with Gasteiger partial charge in [-0.3, -0.25) is 0 Å². The van der Waals surface area contributed by atoms with E-state index in [0.717, 1.165) is 28.4 Å². The number of aryl methyl sites for hydroxylation is 1. The van der Waals surface area contributed by atoms with E-state index in [2.05, 4.69) is 49.8 Å². The largest absolute Gasteiger partial charge is 0.232 e. The summed E-state index contributed by atoms with van der Waals surface area (Å²) in [7, 11) is 0. The molecule has 0 atom stereocenters. The Hall–Kier alpha value is -0.930. The smallest absolute Gasteiger partial charge is 0.171 e. The Morgan fingerprint density at radius 2 is 1.89 bits per heavy atom. The third kappa shape index (κ3) is 2.98. The Bertz CT molecular complexity index is 597. The van der Waals surface area contributed by atoms with Crippen LogP contribution in [0.4, 0.5) is 0 Å². The van der Waals surface area contributed by atoms with Crippen LogP contribution in [0.3, 0.4) is 0 Å². The summed E-state index contributed by atoms with van der Waals surface area (Å²) in [6, 6.07) is 4.24. The molecule has 4 heteroatoms.